The van der Waals surface area contributed by atoms with Crippen molar-refractivity contribution in [1.82, 2.24) is 5.32 Å². The van der Waals surface area contributed by atoms with E-state index in [0.29, 0.717) is 51.0 Å². The van der Waals surface area contributed by atoms with E-state index in [2.05, 4.69) is 5.32 Å². The predicted molar refractivity (Wildman–Crippen MR) is 194 cm³/mol. The van der Waals surface area contributed by atoms with Gasteiger partial charge in [0.15, 0.2) is 0 Å². The molecule has 0 saturated carbocycles. The highest BCUT2D eigenvalue weighted by Crippen LogP contribution is 2.41. The number of esters is 3. The molecule has 4 rings (SSSR count). The average molecular weight is 688 g/mol. The van der Waals surface area contributed by atoms with Crippen molar-refractivity contribution in [3.63, 3.8) is 0 Å². The molecule has 0 heterocycles. The zero-order valence-corrected chi connectivity index (χ0v) is 30.9. The van der Waals surface area contributed by atoms with Crippen molar-refractivity contribution in [2.75, 3.05) is 0 Å². The molecule has 0 fully saturated rings. The molecule has 10 nitrogen and oxygen atoms in total. The molecule has 0 bridgehead atoms. The maximum Gasteiger partial charge on any atom is 0.408 e. The van der Waals surface area contributed by atoms with Gasteiger partial charge in [0.1, 0.15) is 34.6 Å². The first kappa shape index (κ1) is 39.3. The number of benzene rings is 4. The Morgan fingerprint density at radius 1 is 0.660 bits per heavy atom. The molecule has 4 aromatic rings. The van der Waals surface area contributed by atoms with Crippen molar-refractivity contribution >= 4 is 45.5 Å². The number of phenolic OH excluding ortho intramolecular Hbond substituents is 1. The summed E-state index contributed by atoms with van der Waals surface area (Å²) in [5.74, 6) is 0.182. The van der Waals surface area contributed by atoms with Crippen LogP contribution in [0.4, 0.5) is 4.79 Å². The van der Waals surface area contributed by atoms with E-state index < -0.39 is 23.7 Å². The van der Waals surface area contributed by atoms with Gasteiger partial charge in [0.05, 0.1) is 0 Å². The Labute approximate surface area is 294 Å². The fourth-order valence-corrected chi connectivity index (χ4v) is 5.13. The van der Waals surface area contributed by atoms with Crippen molar-refractivity contribution in [3.05, 3.63) is 70.8 Å². The van der Waals surface area contributed by atoms with Gasteiger partial charge in [-0.05, 0) is 76.6 Å². The molecule has 4 aromatic carbocycles. The van der Waals surface area contributed by atoms with Crippen molar-refractivity contribution in [2.45, 2.75) is 101 Å². The molecule has 268 valence electrons. The second kappa shape index (κ2) is 16.5. The number of hydrogen-bond acceptors (Lipinski definition) is 9. The number of nitrogens with one attached hydrogen (secondary N) is 1. The Morgan fingerprint density at radius 3 is 1.44 bits per heavy atom. The van der Waals surface area contributed by atoms with Gasteiger partial charge in [-0.3, -0.25) is 9.59 Å². The van der Waals surface area contributed by atoms with Gasteiger partial charge in [-0.25, -0.2) is 9.59 Å². The molecule has 0 unspecified atom stereocenters. The average Bonchev–Trinajstić information content (AvgIpc) is 3.07. The van der Waals surface area contributed by atoms with E-state index in [4.69, 9.17) is 18.9 Å². The summed E-state index contributed by atoms with van der Waals surface area (Å²) in [5, 5.41) is 15.5. The molecular formula is C40H49NO9. The Balaban J connectivity index is 0.000000316. The van der Waals surface area contributed by atoms with Gasteiger partial charge in [-0.2, -0.15) is 0 Å². The lowest BCUT2D eigenvalue weighted by Gasteiger charge is -2.25. The number of alkyl carbamates (subject to hydrolysis) is 1. The van der Waals surface area contributed by atoms with Crippen LogP contribution >= 0.6 is 0 Å². The molecule has 0 spiro atoms. The van der Waals surface area contributed by atoms with Crippen LogP contribution in [-0.4, -0.2) is 40.8 Å². The summed E-state index contributed by atoms with van der Waals surface area (Å²) >= 11 is 0. The minimum Gasteiger partial charge on any atom is -0.507 e. The first-order valence-corrected chi connectivity index (χ1v) is 16.8. The van der Waals surface area contributed by atoms with Gasteiger partial charge in [0.25, 0.3) is 0 Å². The Morgan fingerprint density at radius 2 is 1.04 bits per heavy atom. The highest BCUT2D eigenvalue weighted by molar-refractivity contribution is 5.99. The Hall–Kier alpha value is -5.12. The van der Waals surface area contributed by atoms with Crippen molar-refractivity contribution in [3.8, 4) is 23.0 Å². The molecule has 0 aliphatic rings. The standard InChI is InChI=1S/C25H33NO6.C15H16O3/c1-9-19(27)30-21-15(4)16(5)22(18-13-11-10-12-17(18)21)31-23(28)20(14(2)3)26-24(29)32-25(6,7)8;1-4-13(16)18-15-10(3)9(2)14(17)11-7-5-6-8-12(11)15/h10-14,20H,9H2,1-8H3,(H,26,29);5-8,17H,4H2,1-3H3/t20-;/m0./s1. The molecule has 1 amide bonds. The van der Waals surface area contributed by atoms with Crippen LogP contribution in [0.3, 0.4) is 0 Å². The van der Waals surface area contributed by atoms with Crippen LogP contribution in [0.2, 0.25) is 0 Å². The summed E-state index contributed by atoms with van der Waals surface area (Å²) < 4.78 is 22.1. The number of hydrogen-bond donors (Lipinski definition) is 2. The second-order valence-electron chi connectivity index (χ2n) is 13.4. The van der Waals surface area contributed by atoms with Crippen LogP contribution < -0.4 is 19.5 Å². The van der Waals surface area contributed by atoms with Crippen molar-refractivity contribution in [1.29, 1.82) is 0 Å². The lowest BCUT2D eigenvalue weighted by molar-refractivity contribution is -0.138. The van der Waals surface area contributed by atoms with Crippen molar-refractivity contribution in [2.24, 2.45) is 5.92 Å². The summed E-state index contributed by atoms with van der Waals surface area (Å²) in [6.45, 7) is 19.6. The fourth-order valence-electron chi connectivity index (χ4n) is 5.13. The quantitative estimate of drug-likeness (QED) is 0.138. The summed E-state index contributed by atoms with van der Waals surface area (Å²) in [4.78, 5) is 48.8. The Bertz CT molecular complexity index is 1900. The van der Waals surface area contributed by atoms with E-state index in [1.54, 1.807) is 47.6 Å². The number of phenols is 1. The SMILES string of the molecule is CCC(=O)Oc1c(C)c(C)c(O)c2ccccc12.CCC(=O)Oc1c(C)c(C)c(OC(=O)[C@@H](NC(=O)OC(C)(C)C)C(C)C)c2ccccc12. The number of carbonyl (C=O) groups excluding carboxylic acids is 4. The molecular weight excluding hydrogens is 638 g/mol. The molecule has 10 heteroatoms. The third kappa shape index (κ3) is 9.31. The molecule has 0 aromatic heterocycles. The molecule has 0 saturated heterocycles. The molecule has 50 heavy (non-hydrogen) atoms. The number of amides is 1. The molecule has 0 radical (unpaired) electrons. The number of carbonyl (C=O) groups is 4. The van der Waals surface area contributed by atoms with E-state index >= 15 is 0 Å². The van der Waals surface area contributed by atoms with Gasteiger partial charge in [0, 0.05) is 34.4 Å². The highest BCUT2D eigenvalue weighted by Gasteiger charge is 2.30. The molecule has 2 N–H and O–H groups in total. The van der Waals surface area contributed by atoms with E-state index in [9.17, 15) is 24.3 Å². The molecule has 0 aliphatic heterocycles. The zero-order valence-electron chi connectivity index (χ0n) is 30.9. The third-order valence-electron chi connectivity index (χ3n) is 8.15. The summed E-state index contributed by atoms with van der Waals surface area (Å²) in [6, 6.07) is 13.7. The maximum atomic E-state index is 13.1. The summed E-state index contributed by atoms with van der Waals surface area (Å²) in [7, 11) is 0. The van der Waals surface area contributed by atoms with Crippen LogP contribution in [0.5, 0.6) is 23.0 Å². The van der Waals surface area contributed by atoms with Gasteiger partial charge >= 0.3 is 24.0 Å². The largest absolute Gasteiger partial charge is 0.507 e. The highest BCUT2D eigenvalue weighted by atomic mass is 16.6. The van der Waals surface area contributed by atoms with Crippen LogP contribution in [-0.2, 0) is 19.1 Å². The number of ether oxygens (including phenoxy) is 4. The predicted octanol–water partition coefficient (Wildman–Crippen LogP) is 8.70. The van der Waals surface area contributed by atoms with Crippen molar-refractivity contribution < 1.29 is 43.2 Å². The second-order valence-corrected chi connectivity index (χ2v) is 13.4. The van der Waals surface area contributed by atoms with Crippen LogP contribution in [0.25, 0.3) is 21.5 Å². The van der Waals surface area contributed by atoms with Crippen LogP contribution in [0.15, 0.2) is 48.5 Å². The molecule has 1 atom stereocenters. The number of fused-ring (bicyclic) bond motifs is 2. The number of aromatic hydroxyl groups is 1. The Kier molecular flexibility index (Phi) is 13.0. The summed E-state index contributed by atoms with van der Waals surface area (Å²) in [5.41, 5.74) is 2.23. The van der Waals surface area contributed by atoms with E-state index in [1.807, 2.05) is 77.1 Å². The van der Waals surface area contributed by atoms with Gasteiger partial charge in [-0.15, -0.1) is 0 Å². The smallest absolute Gasteiger partial charge is 0.408 e. The maximum absolute atomic E-state index is 13.1. The monoisotopic (exact) mass is 687 g/mol. The van der Waals surface area contributed by atoms with Gasteiger partial charge in [-0.1, -0.05) is 76.2 Å². The van der Waals surface area contributed by atoms with E-state index in [1.165, 1.54) is 0 Å². The topological polar surface area (TPSA) is 137 Å². The van der Waals surface area contributed by atoms with E-state index in [-0.39, 0.29) is 30.0 Å². The van der Waals surface area contributed by atoms with Crippen LogP contribution in [0.1, 0.15) is 83.6 Å². The summed E-state index contributed by atoms with van der Waals surface area (Å²) in [6.07, 6.45) is -0.114. The number of rotatable bonds is 8. The third-order valence-corrected chi connectivity index (χ3v) is 8.15. The van der Waals surface area contributed by atoms with Gasteiger partial charge in [0.2, 0.25) is 0 Å². The minimum absolute atomic E-state index is 0.229. The van der Waals surface area contributed by atoms with Crippen LogP contribution in [0, 0.1) is 33.6 Å². The first-order valence-electron chi connectivity index (χ1n) is 16.8. The zero-order chi connectivity index (χ0) is 37.5. The van der Waals surface area contributed by atoms with E-state index in [0.717, 1.165) is 16.5 Å². The lowest BCUT2D eigenvalue weighted by Crippen LogP contribution is -2.48. The lowest BCUT2D eigenvalue weighted by atomic mass is 9.99. The fraction of sp³-hybridized carbons (Fsp3) is 0.400. The van der Waals surface area contributed by atoms with Gasteiger partial charge < -0.3 is 29.4 Å². The minimum atomic E-state index is -0.902. The molecule has 0 aliphatic carbocycles. The normalized spacial score (nSPS) is 11.8. The first-order chi connectivity index (χ1) is 23.4.